The van der Waals surface area contributed by atoms with E-state index in [0.29, 0.717) is 36.7 Å². The van der Waals surface area contributed by atoms with Crippen molar-refractivity contribution in [1.82, 2.24) is 9.80 Å². The third kappa shape index (κ3) is 6.53. The number of carbonyl (C=O) groups is 1. The highest BCUT2D eigenvalue weighted by Crippen LogP contribution is 2.34. The molecule has 1 heterocycles. The lowest BCUT2D eigenvalue weighted by atomic mass is 10.1. The van der Waals surface area contributed by atoms with Crippen LogP contribution in [-0.2, 0) is 11.3 Å². The maximum Gasteiger partial charge on any atom is 0.258 e. The molecule has 0 saturated carbocycles. The first kappa shape index (κ1) is 25.6. The monoisotopic (exact) mass is 464 g/mol. The van der Waals surface area contributed by atoms with Crippen molar-refractivity contribution in [2.45, 2.75) is 45.4 Å². The van der Waals surface area contributed by atoms with Gasteiger partial charge in [-0.1, -0.05) is 49.1 Å². The zero-order valence-electron chi connectivity index (χ0n) is 20.8. The van der Waals surface area contributed by atoms with Gasteiger partial charge in [0.2, 0.25) is 0 Å². The van der Waals surface area contributed by atoms with Crippen molar-refractivity contribution in [2.24, 2.45) is 0 Å². The zero-order valence-corrected chi connectivity index (χ0v) is 20.8. The van der Waals surface area contributed by atoms with Crippen LogP contribution in [-0.4, -0.2) is 62.8 Å². The summed E-state index contributed by atoms with van der Waals surface area (Å²) in [5, 5.41) is 0. The molecular weight excluding hydrogens is 428 g/mol. The molecule has 1 fully saturated rings. The smallest absolute Gasteiger partial charge is 0.258 e. The molecule has 6 heteroatoms. The number of carbonyl (C=O) groups excluding carboxylic acids is 1. The van der Waals surface area contributed by atoms with Gasteiger partial charge in [0, 0.05) is 32.2 Å². The van der Waals surface area contributed by atoms with Crippen LogP contribution in [0.2, 0.25) is 0 Å². The normalized spacial score (nSPS) is 15.5. The Bertz CT molecular complexity index is 997. The van der Waals surface area contributed by atoms with Gasteiger partial charge in [0.1, 0.15) is 0 Å². The summed E-state index contributed by atoms with van der Waals surface area (Å²) < 4.78 is 16.8. The molecule has 0 bridgehead atoms. The Balaban J connectivity index is 1.65. The lowest BCUT2D eigenvalue weighted by Gasteiger charge is -2.32. The third-order valence-electron chi connectivity index (χ3n) is 6.15. The molecule has 2 aromatic rings. The first-order valence-corrected chi connectivity index (χ1v) is 12.0. The van der Waals surface area contributed by atoms with E-state index < -0.39 is 0 Å². The van der Waals surface area contributed by atoms with E-state index in [1.165, 1.54) is 5.56 Å². The molecule has 34 heavy (non-hydrogen) atoms. The zero-order chi connectivity index (χ0) is 24.3. The predicted molar refractivity (Wildman–Crippen MR) is 134 cm³/mol. The van der Waals surface area contributed by atoms with Gasteiger partial charge in [-0.15, -0.1) is 0 Å². The lowest BCUT2D eigenvalue weighted by molar-refractivity contribution is 0.0544. The van der Waals surface area contributed by atoms with E-state index in [4.69, 9.17) is 14.2 Å². The Morgan fingerprint density at radius 3 is 2.68 bits per heavy atom. The fraction of sp³-hybridized carbons (Fsp3) is 0.464. The van der Waals surface area contributed by atoms with Gasteiger partial charge in [0.25, 0.3) is 5.91 Å². The van der Waals surface area contributed by atoms with Crippen LogP contribution in [0, 0.1) is 11.8 Å². The molecule has 1 aliphatic rings. The highest BCUT2D eigenvalue weighted by Gasteiger charge is 2.31. The number of hydrogen-bond donors (Lipinski definition) is 0. The predicted octanol–water partition coefficient (Wildman–Crippen LogP) is 4.57. The minimum atomic E-state index is -0.0848. The van der Waals surface area contributed by atoms with E-state index in [1.54, 1.807) is 14.2 Å². The van der Waals surface area contributed by atoms with Crippen molar-refractivity contribution in [2.75, 3.05) is 41.0 Å². The van der Waals surface area contributed by atoms with Crippen molar-refractivity contribution < 1.29 is 19.0 Å². The van der Waals surface area contributed by atoms with Gasteiger partial charge in [0.05, 0.1) is 32.6 Å². The molecule has 1 aliphatic heterocycles. The Hall–Kier alpha value is -3.01. The summed E-state index contributed by atoms with van der Waals surface area (Å²) in [6, 6.07) is 13.8. The quantitative estimate of drug-likeness (QED) is 0.381. The van der Waals surface area contributed by atoms with Crippen LogP contribution in [0.5, 0.6) is 11.5 Å². The topological polar surface area (TPSA) is 51.2 Å². The summed E-state index contributed by atoms with van der Waals surface area (Å²) in [5.74, 6) is 7.25. The SMILES string of the molecule is CCN1CCCC1N(C)C(=O)c1cc(C#CCCCOCc2ccccc2)cc(OC)c1OC. The number of ether oxygens (including phenoxy) is 3. The first-order valence-electron chi connectivity index (χ1n) is 12.0. The second-order valence-corrected chi connectivity index (χ2v) is 8.37. The lowest BCUT2D eigenvalue weighted by Crippen LogP contribution is -2.45. The van der Waals surface area contributed by atoms with Crippen LogP contribution < -0.4 is 9.47 Å². The molecule has 1 atom stereocenters. The van der Waals surface area contributed by atoms with Crippen LogP contribution in [0.1, 0.15) is 54.1 Å². The molecule has 6 nitrogen and oxygen atoms in total. The minimum Gasteiger partial charge on any atom is -0.493 e. The van der Waals surface area contributed by atoms with Gasteiger partial charge < -0.3 is 19.1 Å². The highest BCUT2D eigenvalue weighted by molar-refractivity contribution is 5.98. The number of amides is 1. The van der Waals surface area contributed by atoms with E-state index >= 15 is 0 Å². The summed E-state index contributed by atoms with van der Waals surface area (Å²) in [6.07, 6.45) is 3.72. The van der Waals surface area contributed by atoms with Crippen LogP contribution in [0.4, 0.5) is 0 Å². The molecule has 1 amide bonds. The third-order valence-corrected chi connectivity index (χ3v) is 6.15. The van der Waals surface area contributed by atoms with E-state index in [1.807, 2.05) is 42.3 Å². The molecule has 1 saturated heterocycles. The average molecular weight is 465 g/mol. The number of nitrogens with zero attached hydrogens (tertiary/aromatic N) is 2. The summed E-state index contributed by atoms with van der Waals surface area (Å²) in [5.41, 5.74) is 2.38. The second kappa shape index (κ2) is 13.0. The van der Waals surface area contributed by atoms with E-state index in [0.717, 1.165) is 37.9 Å². The Morgan fingerprint density at radius 2 is 1.97 bits per heavy atom. The Morgan fingerprint density at radius 1 is 1.18 bits per heavy atom. The van der Waals surface area contributed by atoms with Crippen molar-refractivity contribution >= 4 is 5.91 Å². The number of benzene rings is 2. The first-order chi connectivity index (χ1) is 16.6. The summed E-state index contributed by atoms with van der Waals surface area (Å²) >= 11 is 0. The molecule has 182 valence electrons. The largest absolute Gasteiger partial charge is 0.493 e. The van der Waals surface area contributed by atoms with Gasteiger partial charge in [-0.25, -0.2) is 0 Å². The minimum absolute atomic E-state index is 0.0848. The maximum atomic E-state index is 13.5. The standard InChI is InChI=1S/C28H36N2O4/c1-5-30-17-12-16-26(30)29(2)28(31)24-19-23(20-25(32-3)27(24)33-4)15-10-7-11-18-34-21-22-13-8-6-9-14-22/h6,8-9,13-14,19-20,26H,5,7,11-12,16-18,21H2,1-4H3. The van der Waals surface area contributed by atoms with Gasteiger partial charge in [-0.05, 0) is 43.5 Å². The molecule has 2 aromatic carbocycles. The molecule has 3 rings (SSSR count). The van der Waals surface area contributed by atoms with Crippen LogP contribution >= 0.6 is 0 Å². The molecule has 0 spiro atoms. The molecule has 0 radical (unpaired) electrons. The van der Waals surface area contributed by atoms with Gasteiger partial charge in [-0.3, -0.25) is 9.69 Å². The number of rotatable bonds is 10. The van der Waals surface area contributed by atoms with E-state index in [2.05, 4.69) is 35.8 Å². The number of methoxy groups -OCH3 is 2. The average Bonchev–Trinajstić information content (AvgIpc) is 3.36. The molecular formula is C28H36N2O4. The molecule has 0 aliphatic carbocycles. The van der Waals surface area contributed by atoms with Crippen molar-refractivity contribution in [3.8, 4) is 23.3 Å². The van der Waals surface area contributed by atoms with Crippen molar-refractivity contribution in [1.29, 1.82) is 0 Å². The second-order valence-electron chi connectivity index (χ2n) is 8.37. The molecule has 1 unspecified atom stereocenters. The number of hydrogen-bond acceptors (Lipinski definition) is 5. The number of unbranched alkanes of at least 4 members (excludes halogenated alkanes) is 1. The Labute approximate surface area is 203 Å². The maximum absolute atomic E-state index is 13.5. The van der Waals surface area contributed by atoms with Crippen LogP contribution in [0.25, 0.3) is 0 Å². The fourth-order valence-electron chi connectivity index (χ4n) is 4.33. The van der Waals surface area contributed by atoms with Gasteiger partial charge in [-0.2, -0.15) is 0 Å². The summed E-state index contributed by atoms with van der Waals surface area (Å²) in [6.45, 7) is 5.32. The van der Waals surface area contributed by atoms with Crippen molar-refractivity contribution in [3.63, 3.8) is 0 Å². The van der Waals surface area contributed by atoms with Gasteiger partial charge >= 0.3 is 0 Å². The summed E-state index contributed by atoms with van der Waals surface area (Å²) in [4.78, 5) is 17.6. The van der Waals surface area contributed by atoms with Gasteiger partial charge in [0.15, 0.2) is 11.5 Å². The molecule has 0 N–H and O–H groups in total. The van der Waals surface area contributed by atoms with Crippen LogP contribution in [0.3, 0.4) is 0 Å². The highest BCUT2D eigenvalue weighted by atomic mass is 16.5. The number of likely N-dealkylation sites (tertiary alicyclic amines) is 1. The molecule has 0 aromatic heterocycles. The van der Waals surface area contributed by atoms with Crippen LogP contribution in [0.15, 0.2) is 42.5 Å². The van der Waals surface area contributed by atoms with E-state index in [-0.39, 0.29) is 12.1 Å². The van der Waals surface area contributed by atoms with E-state index in [9.17, 15) is 4.79 Å². The fourth-order valence-corrected chi connectivity index (χ4v) is 4.33. The summed E-state index contributed by atoms with van der Waals surface area (Å²) in [7, 11) is 5.00. The van der Waals surface area contributed by atoms with Crippen molar-refractivity contribution in [3.05, 3.63) is 59.2 Å². The Kier molecular flexibility index (Phi) is 9.81.